The average molecular weight is 125 g/mol. The van der Waals surface area contributed by atoms with Gasteiger partial charge in [-0.15, -0.1) is 0 Å². The molecule has 0 heterocycles. The summed E-state index contributed by atoms with van der Waals surface area (Å²) in [6, 6.07) is 0. The molecule has 9 heavy (non-hydrogen) atoms. The first-order valence-corrected chi connectivity index (χ1v) is 3.54. The van der Waals surface area contributed by atoms with Gasteiger partial charge in [0.15, 0.2) is 0 Å². The number of ether oxygens (including phenoxy) is 1. The van der Waals surface area contributed by atoms with E-state index in [4.69, 9.17) is 4.74 Å². The van der Waals surface area contributed by atoms with Crippen molar-refractivity contribution in [1.82, 2.24) is 0 Å². The lowest BCUT2D eigenvalue weighted by Crippen LogP contribution is -1.96. The molecule has 0 aromatic carbocycles. The van der Waals surface area contributed by atoms with Crippen LogP contribution in [0.25, 0.3) is 0 Å². The van der Waals surface area contributed by atoms with E-state index in [0.717, 1.165) is 12.2 Å². The van der Waals surface area contributed by atoms with Crippen LogP contribution in [0.15, 0.2) is 11.8 Å². The molecular formula is C8H13O. The van der Waals surface area contributed by atoms with Crippen molar-refractivity contribution in [1.29, 1.82) is 0 Å². The Morgan fingerprint density at radius 2 is 2.44 bits per heavy atom. The topological polar surface area (TPSA) is 9.23 Å². The second kappa shape index (κ2) is 3.54. The number of hydrogen-bond donors (Lipinski definition) is 0. The van der Waals surface area contributed by atoms with Gasteiger partial charge in [-0.3, -0.25) is 0 Å². The third-order valence-electron chi connectivity index (χ3n) is 1.54. The first-order chi connectivity index (χ1) is 4.43. The standard InChI is InChI=1S/C8H13O/c1-2-9-8-6-4-3-5-7-8/h6H,1-5,7H2. The van der Waals surface area contributed by atoms with Crippen molar-refractivity contribution in [2.24, 2.45) is 0 Å². The van der Waals surface area contributed by atoms with Crippen LogP contribution in [0.4, 0.5) is 0 Å². The lowest BCUT2D eigenvalue weighted by atomic mass is 10.1. The van der Waals surface area contributed by atoms with Gasteiger partial charge in [0.1, 0.15) is 0 Å². The van der Waals surface area contributed by atoms with E-state index in [1.807, 2.05) is 0 Å². The Morgan fingerprint density at radius 3 is 3.00 bits per heavy atom. The minimum atomic E-state index is 0.575. The largest absolute Gasteiger partial charge is 0.498 e. The summed E-state index contributed by atoms with van der Waals surface area (Å²) in [5.41, 5.74) is 0. The summed E-state index contributed by atoms with van der Waals surface area (Å²) in [5.74, 6) is 1.15. The van der Waals surface area contributed by atoms with Gasteiger partial charge in [-0.2, -0.15) is 0 Å². The molecule has 0 aromatic rings. The molecule has 0 fully saturated rings. The van der Waals surface area contributed by atoms with Crippen LogP contribution in [0.3, 0.4) is 0 Å². The summed E-state index contributed by atoms with van der Waals surface area (Å²) < 4.78 is 5.23. The molecule has 1 aliphatic rings. The highest BCUT2D eigenvalue weighted by molar-refractivity contribution is 4.96. The zero-order valence-corrected chi connectivity index (χ0v) is 5.73. The third kappa shape index (κ3) is 2.08. The summed E-state index contributed by atoms with van der Waals surface area (Å²) in [6.07, 6.45) is 7.09. The molecule has 1 rings (SSSR count). The summed E-state index contributed by atoms with van der Waals surface area (Å²) in [5, 5.41) is 0. The smallest absolute Gasteiger partial charge is 0.0919 e. The fourth-order valence-corrected chi connectivity index (χ4v) is 1.07. The van der Waals surface area contributed by atoms with Gasteiger partial charge in [0, 0.05) is 6.42 Å². The summed E-state index contributed by atoms with van der Waals surface area (Å²) in [7, 11) is 0. The molecular weight excluding hydrogens is 112 g/mol. The van der Waals surface area contributed by atoms with Gasteiger partial charge < -0.3 is 4.74 Å². The van der Waals surface area contributed by atoms with Crippen molar-refractivity contribution in [2.75, 3.05) is 6.61 Å². The van der Waals surface area contributed by atoms with Crippen LogP contribution in [0, 0.1) is 6.92 Å². The maximum atomic E-state index is 5.23. The second-order valence-corrected chi connectivity index (χ2v) is 2.26. The minimum Gasteiger partial charge on any atom is -0.498 e. The first-order valence-electron chi connectivity index (χ1n) is 3.54. The van der Waals surface area contributed by atoms with Gasteiger partial charge >= 0.3 is 0 Å². The van der Waals surface area contributed by atoms with E-state index in [1.165, 1.54) is 19.3 Å². The van der Waals surface area contributed by atoms with E-state index < -0.39 is 0 Å². The quantitative estimate of drug-likeness (QED) is 0.550. The first kappa shape index (κ1) is 6.66. The minimum absolute atomic E-state index is 0.575. The Bertz CT molecular complexity index is 105. The Labute approximate surface area is 56.7 Å². The molecule has 51 valence electrons. The molecule has 0 saturated heterocycles. The van der Waals surface area contributed by atoms with Gasteiger partial charge in [-0.05, 0) is 32.3 Å². The molecule has 0 saturated carbocycles. The lowest BCUT2D eigenvalue weighted by molar-refractivity contribution is 0.226. The zero-order chi connectivity index (χ0) is 6.53. The van der Waals surface area contributed by atoms with Gasteiger partial charge in [0.25, 0.3) is 0 Å². The van der Waals surface area contributed by atoms with Gasteiger partial charge in [-0.25, -0.2) is 0 Å². The predicted octanol–water partition coefficient (Wildman–Crippen LogP) is 2.29. The molecule has 1 heteroatoms. The van der Waals surface area contributed by atoms with E-state index in [1.54, 1.807) is 0 Å². The Balaban J connectivity index is 2.28. The molecule has 0 spiro atoms. The van der Waals surface area contributed by atoms with Crippen molar-refractivity contribution < 1.29 is 4.74 Å². The van der Waals surface area contributed by atoms with Crippen LogP contribution in [0.5, 0.6) is 0 Å². The summed E-state index contributed by atoms with van der Waals surface area (Å²) >= 11 is 0. The third-order valence-corrected chi connectivity index (χ3v) is 1.54. The maximum absolute atomic E-state index is 5.23. The molecule has 0 aromatic heterocycles. The highest BCUT2D eigenvalue weighted by atomic mass is 16.5. The van der Waals surface area contributed by atoms with Crippen molar-refractivity contribution in [3.05, 3.63) is 18.8 Å². The molecule has 0 N–H and O–H groups in total. The Hall–Kier alpha value is -0.460. The molecule has 0 bridgehead atoms. The zero-order valence-electron chi connectivity index (χ0n) is 5.73. The van der Waals surface area contributed by atoms with Gasteiger partial charge in [-0.1, -0.05) is 0 Å². The van der Waals surface area contributed by atoms with E-state index in [2.05, 4.69) is 13.0 Å². The van der Waals surface area contributed by atoms with Crippen LogP contribution < -0.4 is 0 Å². The van der Waals surface area contributed by atoms with Gasteiger partial charge in [0.05, 0.1) is 12.4 Å². The predicted molar refractivity (Wildman–Crippen MR) is 37.9 cm³/mol. The van der Waals surface area contributed by atoms with E-state index in [0.29, 0.717) is 6.61 Å². The van der Waals surface area contributed by atoms with E-state index >= 15 is 0 Å². The van der Waals surface area contributed by atoms with Crippen molar-refractivity contribution >= 4 is 0 Å². The molecule has 0 atom stereocenters. The van der Waals surface area contributed by atoms with E-state index in [9.17, 15) is 0 Å². The number of hydrogen-bond acceptors (Lipinski definition) is 1. The van der Waals surface area contributed by atoms with Crippen LogP contribution in [0.2, 0.25) is 0 Å². The van der Waals surface area contributed by atoms with Crippen LogP contribution in [0.1, 0.15) is 25.7 Å². The second-order valence-electron chi connectivity index (χ2n) is 2.26. The maximum Gasteiger partial charge on any atom is 0.0919 e. The normalized spacial score (nSPS) is 19.0. The highest BCUT2D eigenvalue weighted by Crippen LogP contribution is 2.17. The van der Waals surface area contributed by atoms with Crippen molar-refractivity contribution in [3.63, 3.8) is 0 Å². The fraction of sp³-hybridized carbons (Fsp3) is 0.625. The fourth-order valence-electron chi connectivity index (χ4n) is 1.07. The molecule has 0 amide bonds. The molecule has 1 nitrogen and oxygen atoms in total. The van der Waals surface area contributed by atoms with Gasteiger partial charge in [0.2, 0.25) is 0 Å². The molecule has 1 radical (unpaired) electrons. The van der Waals surface area contributed by atoms with E-state index in [-0.39, 0.29) is 0 Å². The number of rotatable bonds is 2. The molecule has 0 aliphatic heterocycles. The molecule has 0 unspecified atom stereocenters. The molecule has 1 aliphatic carbocycles. The highest BCUT2D eigenvalue weighted by Gasteiger charge is 2.01. The lowest BCUT2D eigenvalue weighted by Gasteiger charge is -2.11. The summed E-state index contributed by atoms with van der Waals surface area (Å²) in [4.78, 5) is 0. The Morgan fingerprint density at radius 1 is 1.56 bits per heavy atom. The van der Waals surface area contributed by atoms with Crippen LogP contribution >= 0.6 is 0 Å². The Kier molecular flexibility index (Phi) is 2.62. The average Bonchev–Trinajstić information content (AvgIpc) is 1.91. The van der Waals surface area contributed by atoms with Crippen LogP contribution in [-0.2, 0) is 4.74 Å². The number of allylic oxidation sites excluding steroid dienone is 2. The SMILES string of the molecule is [CH2]COC1=CCCCC1. The van der Waals surface area contributed by atoms with Crippen LogP contribution in [-0.4, -0.2) is 6.61 Å². The van der Waals surface area contributed by atoms with Crippen molar-refractivity contribution in [2.45, 2.75) is 25.7 Å². The monoisotopic (exact) mass is 125 g/mol. The van der Waals surface area contributed by atoms with Crippen molar-refractivity contribution in [3.8, 4) is 0 Å². The summed E-state index contributed by atoms with van der Waals surface area (Å²) in [6.45, 7) is 4.19.